The van der Waals surface area contributed by atoms with Crippen molar-refractivity contribution in [3.8, 4) is 5.75 Å². The number of ether oxygens (including phenoxy) is 1. The minimum atomic E-state index is -0.739. The Balaban J connectivity index is 2.25. The lowest BCUT2D eigenvalue weighted by atomic mass is 10.1. The number of hydrogen-bond donors (Lipinski definition) is 0. The van der Waals surface area contributed by atoms with Gasteiger partial charge in [0.15, 0.2) is 5.78 Å². The number of benzene rings is 2. The maximum Gasteiger partial charge on any atom is 0.163 e. The molecule has 20 heavy (non-hydrogen) atoms. The van der Waals surface area contributed by atoms with E-state index in [9.17, 15) is 18.0 Å². The van der Waals surface area contributed by atoms with Crippen LogP contribution in [0.2, 0.25) is 0 Å². The molecule has 0 aromatic heterocycles. The molecule has 0 bridgehead atoms. The maximum absolute atomic E-state index is 13.4. The van der Waals surface area contributed by atoms with Crippen LogP contribution >= 0.6 is 0 Å². The third-order valence-corrected chi connectivity index (χ3v) is 2.75. The fourth-order valence-electron chi connectivity index (χ4n) is 1.72. The first-order valence-electron chi connectivity index (χ1n) is 5.85. The third kappa shape index (κ3) is 2.99. The van der Waals surface area contributed by atoms with Gasteiger partial charge < -0.3 is 4.74 Å². The molecule has 0 unspecified atom stereocenters. The molecule has 5 heteroatoms. The number of Topliss-reactive ketones (excluding diaryl/α,β-unsaturated/α-hetero) is 1. The van der Waals surface area contributed by atoms with Gasteiger partial charge in [-0.1, -0.05) is 6.07 Å². The molecule has 2 aromatic rings. The predicted octanol–water partition coefficient (Wildman–Crippen LogP) is 3.89. The van der Waals surface area contributed by atoms with Crippen LogP contribution in [0.5, 0.6) is 5.75 Å². The summed E-state index contributed by atoms with van der Waals surface area (Å²) in [4.78, 5) is 11.4. The van der Waals surface area contributed by atoms with E-state index in [1.54, 1.807) is 0 Å². The van der Waals surface area contributed by atoms with Gasteiger partial charge in [0.1, 0.15) is 29.8 Å². The van der Waals surface area contributed by atoms with Crippen LogP contribution in [0.15, 0.2) is 36.4 Å². The van der Waals surface area contributed by atoms with Crippen LogP contribution in [-0.2, 0) is 6.61 Å². The molecule has 0 saturated carbocycles. The third-order valence-electron chi connectivity index (χ3n) is 2.75. The largest absolute Gasteiger partial charge is 0.488 e. The zero-order valence-corrected chi connectivity index (χ0v) is 10.6. The predicted molar refractivity (Wildman–Crippen MR) is 67.1 cm³/mol. The number of rotatable bonds is 4. The van der Waals surface area contributed by atoms with Crippen molar-refractivity contribution in [2.45, 2.75) is 13.5 Å². The second kappa shape index (κ2) is 5.77. The van der Waals surface area contributed by atoms with Crippen molar-refractivity contribution in [1.82, 2.24) is 0 Å². The van der Waals surface area contributed by atoms with Crippen molar-refractivity contribution in [2.24, 2.45) is 0 Å². The van der Waals surface area contributed by atoms with E-state index >= 15 is 0 Å². The fraction of sp³-hybridized carbons (Fsp3) is 0.133. The van der Waals surface area contributed by atoms with Crippen molar-refractivity contribution in [3.05, 3.63) is 65.0 Å². The summed E-state index contributed by atoms with van der Waals surface area (Å²) in [5.74, 6) is -2.37. The molecule has 0 N–H and O–H groups in total. The molecular weight excluding hydrogens is 269 g/mol. The molecule has 0 aliphatic heterocycles. The number of carbonyl (C=O) groups is 1. The maximum atomic E-state index is 13.4. The van der Waals surface area contributed by atoms with Gasteiger partial charge in [0.25, 0.3) is 0 Å². The lowest BCUT2D eigenvalue weighted by molar-refractivity contribution is 0.101. The van der Waals surface area contributed by atoms with Gasteiger partial charge in [0.05, 0.1) is 11.1 Å². The van der Waals surface area contributed by atoms with Crippen LogP contribution in [0.4, 0.5) is 13.2 Å². The molecule has 0 amide bonds. The molecule has 0 spiro atoms. The van der Waals surface area contributed by atoms with Crippen LogP contribution in [0.1, 0.15) is 22.8 Å². The Morgan fingerprint density at radius 2 is 1.75 bits per heavy atom. The highest BCUT2D eigenvalue weighted by Crippen LogP contribution is 2.22. The first-order chi connectivity index (χ1) is 9.49. The van der Waals surface area contributed by atoms with E-state index in [1.807, 2.05) is 0 Å². The summed E-state index contributed by atoms with van der Waals surface area (Å²) in [7, 11) is 0. The summed E-state index contributed by atoms with van der Waals surface area (Å²) in [6.07, 6.45) is 0. The molecule has 0 atom stereocenters. The monoisotopic (exact) mass is 280 g/mol. The van der Waals surface area contributed by atoms with E-state index in [2.05, 4.69) is 0 Å². The van der Waals surface area contributed by atoms with E-state index in [0.717, 1.165) is 24.3 Å². The van der Waals surface area contributed by atoms with Gasteiger partial charge in [0.2, 0.25) is 0 Å². The molecule has 2 rings (SSSR count). The molecule has 2 aromatic carbocycles. The molecule has 104 valence electrons. The van der Waals surface area contributed by atoms with Gasteiger partial charge in [-0.15, -0.1) is 0 Å². The fourth-order valence-corrected chi connectivity index (χ4v) is 1.72. The van der Waals surface area contributed by atoms with Gasteiger partial charge in [-0.05, 0) is 37.3 Å². The second-order valence-corrected chi connectivity index (χ2v) is 4.19. The Labute approximate surface area is 113 Å². The van der Waals surface area contributed by atoms with Crippen LogP contribution in [-0.4, -0.2) is 5.78 Å². The molecule has 0 saturated heterocycles. The number of halogens is 3. The second-order valence-electron chi connectivity index (χ2n) is 4.19. The lowest BCUT2D eigenvalue weighted by Crippen LogP contribution is -2.05. The van der Waals surface area contributed by atoms with Crippen molar-refractivity contribution < 1.29 is 22.7 Å². The number of ketones is 1. The highest BCUT2D eigenvalue weighted by Gasteiger charge is 2.13. The molecule has 0 aliphatic carbocycles. The SMILES string of the molecule is CC(=O)c1cc(F)ccc1OCc1c(F)cccc1F. The molecule has 2 nitrogen and oxygen atoms in total. The average molecular weight is 280 g/mol. The molecule has 0 heterocycles. The van der Waals surface area contributed by atoms with E-state index < -0.39 is 23.2 Å². The minimum absolute atomic E-state index is 0.0294. The zero-order valence-electron chi connectivity index (χ0n) is 10.6. The lowest BCUT2D eigenvalue weighted by Gasteiger charge is -2.11. The Bertz CT molecular complexity index is 633. The first-order valence-corrected chi connectivity index (χ1v) is 5.85. The Morgan fingerprint density at radius 3 is 2.35 bits per heavy atom. The Hall–Kier alpha value is -2.30. The standard InChI is InChI=1S/C15H11F3O2/c1-9(19)11-7-10(16)5-6-15(11)20-8-12-13(17)3-2-4-14(12)18/h2-7H,8H2,1H3. The van der Waals surface area contributed by atoms with Crippen LogP contribution in [0.25, 0.3) is 0 Å². The summed E-state index contributed by atoms with van der Waals surface area (Å²) in [6.45, 7) is 0.871. The topological polar surface area (TPSA) is 26.3 Å². The van der Waals surface area contributed by atoms with Gasteiger partial charge in [-0.2, -0.15) is 0 Å². The Kier molecular flexibility index (Phi) is 4.08. The molecular formula is C15H11F3O2. The highest BCUT2D eigenvalue weighted by molar-refractivity contribution is 5.96. The van der Waals surface area contributed by atoms with Gasteiger partial charge >= 0.3 is 0 Å². The van der Waals surface area contributed by atoms with Gasteiger partial charge in [-0.25, -0.2) is 13.2 Å². The van der Waals surface area contributed by atoms with Gasteiger partial charge in [-0.3, -0.25) is 4.79 Å². The average Bonchev–Trinajstić information content (AvgIpc) is 2.39. The Morgan fingerprint density at radius 1 is 1.10 bits per heavy atom. The molecule has 0 fully saturated rings. The van der Waals surface area contributed by atoms with Crippen molar-refractivity contribution in [1.29, 1.82) is 0 Å². The summed E-state index contributed by atoms with van der Waals surface area (Å²) < 4.78 is 45.2. The smallest absolute Gasteiger partial charge is 0.163 e. The van der Waals surface area contributed by atoms with E-state index in [-0.39, 0.29) is 23.5 Å². The zero-order chi connectivity index (χ0) is 14.7. The normalized spacial score (nSPS) is 10.4. The van der Waals surface area contributed by atoms with Crippen molar-refractivity contribution >= 4 is 5.78 Å². The summed E-state index contributed by atoms with van der Waals surface area (Å²) in [5, 5.41) is 0. The van der Waals surface area contributed by atoms with E-state index in [4.69, 9.17) is 4.74 Å². The molecule has 0 radical (unpaired) electrons. The molecule has 0 aliphatic rings. The quantitative estimate of drug-likeness (QED) is 0.794. The first kappa shape index (κ1) is 14.1. The summed E-state index contributed by atoms with van der Waals surface area (Å²) in [5.41, 5.74) is -0.215. The number of hydrogen-bond acceptors (Lipinski definition) is 2. The van der Waals surface area contributed by atoms with E-state index in [1.165, 1.54) is 19.1 Å². The van der Waals surface area contributed by atoms with Crippen LogP contribution in [0, 0.1) is 17.5 Å². The minimum Gasteiger partial charge on any atom is -0.488 e. The highest BCUT2D eigenvalue weighted by atomic mass is 19.1. The number of carbonyl (C=O) groups excluding carboxylic acids is 1. The van der Waals surface area contributed by atoms with Crippen LogP contribution in [0.3, 0.4) is 0 Å². The van der Waals surface area contributed by atoms with Crippen LogP contribution < -0.4 is 4.74 Å². The summed E-state index contributed by atoms with van der Waals surface area (Å²) >= 11 is 0. The van der Waals surface area contributed by atoms with E-state index in [0.29, 0.717) is 0 Å². The van der Waals surface area contributed by atoms with Gasteiger partial charge in [0, 0.05) is 0 Å². The van der Waals surface area contributed by atoms with Crippen molar-refractivity contribution in [2.75, 3.05) is 0 Å². The van der Waals surface area contributed by atoms with Crippen molar-refractivity contribution in [3.63, 3.8) is 0 Å². The summed E-state index contributed by atoms with van der Waals surface area (Å²) in [6, 6.07) is 6.85.